The van der Waals surface area contributed by atoms with Crippen LogP contribution in [0.25, 0.3) is 0 Å². The van der Waals surface area contributed by atoms with Crippen LogP contribution < -0.4 is 0 Å². The summed E-state index contributed by atoms with van der Waals surface area (Å²) in [5, 5.41) is 0. The molecule has 9 heavy (non-hydrogen) atoms. The van der Waals surface area contributed by atoms with Crippen LogP contribution >= 0.6 is 0 Å². The monoisotopic (exact) mass is 124 g/mol. The normalized spacial score (nSPS) is 21.8. The van der Waals surface area contributed by atoms with Crippen LogP contribution in [0.3, 0.4) is 0 Å². The minimum Gasteiger partial charge on any atom is -0.381 e. The largest absolute Gasteiger partial charge is 0.381 e. The lowest BCUT2D eigenvalue weighted by molar-refractivity contribution is 0.0776. The Labute approximate surface area is 57.5 Å². The van der Waals surface area contributed by atoms with E-state index in [1.807, 2.05) is 0 Å². The van der Waals surface area contributed by atoms with Crippen molar-refractivity contribution in [2.75, 3.05) is 13.2 Å². The van der Waals surface area contributed by atoms with Crippen molar-refractivity contribution in [1.82, 2.24) is 0 Å². The molecule has 2 heteroatoms. The molecule has 1 saturated heterocycles. The summed E-state index contributed by atoms with van der Waals surface area (Å²) in [6.07, 6.45) is 2.35. The molecular weight excluding hydrogens is 111 g/mol. The lowest BCUT2D eigenvalue weighted by atomic mass is 9.81. The SMILES string of the molecule is BC(=C)C1CCOCC1. The summed E-state index contributed by atoms with van der Waals surface area (Å²) < 4.78 is 5.21. The topological polar surface area (TPSA) is 9.23 Å². The van der Waals surface area contributed by atoms with Gasteiger partial charge in [0.1, 0.15) is 7.85 Å². The van der Waals surface area contributed by atoms with E-state index in [9.17, 15) is 0 Å². The third-order valence-electron chi connectivity index (χ3n) is 1.92. The molecule has 0 saturated carbocycles. The van der Waals surface area contributed by atoms with Crippen LogP contribution in [0, 0.1) is 5.92 Å². The molecule has 0 bridgehead atoms. The summed E-state index contributed by atoms with van der Waals surface area (Å²) >= 11 is 0. The van der Waals surface area contributed by atoms with E-state index in [2.05, 4.69) is 14.4 Å². The summed E-state index contributed by atoms with van der Waals surface area (Å²) in [5.74, 6) is 0.735. The van der Waals surface area contributed by atoms with E-state index in [0.29, 0.717) is 0 Å². The molecule has 1 rings (SSSR count). The Bertz CT molecular complexity index is 105. The van der Waals surface area contributed by atoms with Crippen LogP contribution in [-0.2, 0) is 4.74 Å². The first-order chi connectivity index (χ1) is 4.30. The predicted octanol–water partition coefficient (Wildman–Crippen LogP) is 0.560. The van der Waals surface area contributed by atoms with E-state index in [1.54, 1.807) is 0 Å². The molecular formula is C7H13BO. The van der Waals surface area contributed by atoms with Gasteiger partial charge >= 0.3 is 0 Å². The van der Waals surface area contributed by atoms with Crippen LogP contribution in [-0.4, -0.2) is 21.1 Å². The van der Waals surface area contributed by atoms with E-state index < -0.39 is 0 Å². The van der Waals surface area contributed by atoms with Crippen LogP contribution in [0.5, 0.6) is 0 Å². The number of rotatable bonds is 1. The Hall–Kier alpha value is -0.235. The molecule has 1 aliphatic heterocycles. The smallest absolute Gasteiger partial charge is 0.133 e. The standard InChI is InChI=1S/C7H13BO/c1-6(8)7-2-4-9-5-3-7/h7H,1-5,8H2. The highest BCUT2D eigenvalue weighted by molar-refractivity contribution is 6.21. The summed E-state index contributed by atoms with van der Waals surface area (Å²) in [5.41, 5.74) is 1.32. The maximum atomic E-state index is 5.21. The lowest BCUT2D eigenvalue weighted by Crippen LogP contribution is -2.16. The highest BCUT2D eigenvalue weighted by atomic mass is 16.5. The number of hydrogen-bond donors (Lipinski definition) is 0. The van der Waals surface area contributed by atoms with Gasteiger partial charge in [0.25, 0.3) is 0 Å². The zero-order valence-corrected chi connectivity index (χ0v) is 6.02. The summed E-state index contributed by atoms with van der Waals surface area (Å²) in [7, 11) is 2.11. The van der Waals surface area contributed by atoms with Gasteiger partial charge in [-0.1, -0.05) is 0 Å². The van der Waals surface area contributed by atoms with Crippen molar-refractivity contribution in [2.24, 2.45) is 5.92 Å². The van der Waals surface area contributed by atoms with Gasteiger partial charge in [-0.3, -0.25) is 0 Å². The van der Waals surface area contributed by atoms with Crippen LogP contribution in [0.15, 0.2) is 12.1 Å². The highest BCUT2D eigenvalue weighted by Gasteiger charge is 2.12. The molecule has 0 aromatic heterocycles. The Morgan fingerprint density at radius 3 is 2.33 bits per heavy atom. The Kier molecular flexibility index (Phi) is 2.34. The molecule has 0 aromatic carbocycles. The lowest BCUT2D eigenvalue weighted by Gasteiger charge is -2.21. The fourth-order valence-electron chi connectivity index (χ4n) is 1.19. The zero-order chi connectivity index (χ0) is 6.69. The molecule has 1 nitrogen and oxygen atoms in total. The second-order valence-corrected chi connectivity index (χ2v) is 2.73. The Balaban J connectivity index is 2.31. The van der Waals surface area contributed by atoms with Crippen molar-refractivity contribution in [3.8, 4) is 0 Å². The first-order valence-corrected chi connectivity index (χ1v) is 3.54. The Morgan fingerprint density at radius 2 is 2.00 bits per heavy atom. The van der Waals surface area contributed by atoms with Crippen LogP contribution in [0.2, 0.25) is 0 Å². The van der Waals surface area contributed by atoms with E-state index in [1.165, 1.54) is 18.3 Å². The average molecular weight is 124 g/mol. The minimum atomic E-state index is 0.735. The molecule has 1 aliphatic rings. The molecule has 0 N–H and O–H groups in total. The summed E-state index contributed by atoms with van der Waals surface area (Å²) in [6.45, 7) is 5.78. The maximum Gasteiger partial charge on any atom is 0.133 e. The van der Waals surface area contributed by atoms with Gasteiger partial charge in [-0.15, -0.1) is 12.1 Å². The van der Waals surface area contributed by atoms with Crippen molar-refractivity contribution in [3.63, 3.8) is 0 Å². The number of hydrogen-bond acceptors (Lipinski definition) is 1. The Morgan fingerprint density at radius 1 is 1.44 bits per heavy atom. The van der Waals surface area contributed by atoms with E-state index in [-0.39, 0.29) is 0 Å². The average Bonchev–Trinajstić information content (AvgIpc) is 1.90. The molecule has 0 radical (unpaired) electrons. The van der Waals surface area contributed by atoms with Crippen molar-refractivity contribution in [2.45, 2.75) is 12.8 Å². The van der Waals surface area contributed by atoms with Gasteiger partial charge in [-0.2, -0.15) is 0 Å². The van der Waals surface area contributed by atoms with E-state index in [4.69, 9.17) is 4.74 Å². The second-order valence-electron chi connectivity index (χ2n) is 2.73. The molecule has 0 atom stereocenters. The van der Waals surface area contributed by atoms with Crippen LogP contribution in [0.1, 0.15) is 12.8 Å². The molecule has 0 amide bonds. The fraction of sp³-hybridized carbons (Fsp3) is 0.714. The highest BCUT2D eigenvalue weighted by Crippen LogP contribution is 2.19. The van der Waals surface area contributed by atoms with Crippen molar-refractivity contribution >= 4 is 7.85 Å². The van der Waals surface area contributed by atoms with Gasteiger partial charge in [0, 0.05) is 13.2 Å². The van der Waals surface area contributed by atoms with Gasteiger partial charge < -0.3 is 4.74 Å². The number of ether oxygens (including phenoxy) is 1. The van der Waals surface area contributed by atoms with Gasteiger partial charge in [0.05, 0.1) is 0 Å². The minimum absolute atomic E-state index is 0.735. The molecule has 50 valence electrons. The summed E-state index contributed by atoms with van der Waals surface area (Å²) in [4.78, 5) is 0. The molecule has 0 aromatic rings. The summed E-state index contributed by atoms with van der Waals surface area (Å²) in [6, 6.07) is 0. The third kappa shape index (κ3) is 1.86. The third-order valence-corrected chi connectivity index (χ3v) is 1.92. The predicted molar refractivity (Wildman–Crippen MR) is 41.2 cm³/mol. The van der Waals surface area contributed by atoms with Crippen molar-refractivity contribution in [1.29, 1.82) is 0 Å². The van der Waals surface area contributed by atoms with Crippen LogP contribution in [0.4, 0.5) is 0 Å². The van der Waals surface area contributed by atoms with E-state index >= 15 is 0 Å². The molecule has 0 spiro atoms. The first-order valence-electron chi connectivity index (χ1n) is 3.54. The molecule has 1 heterocycles. The second kappa shape index (κ2) is 3.07. The molecule has 0 unspecified atom stereocenters. The first kappa shape index (κ1) is 6.88. The van der Waals surface area contributed by atoms with Gasteiger partial charge in [-0.05, 0) is 18.8 Å². The van der Waals surface area contributed by atoms with Gasteiger partial charge in [0.15, 0.2) is 0 Å². The molecule has 0 aliphatic carbocycles. The maximum absolute atomic E-state index is 5.21. The van der Waals surface area contributed by atoms with Crippen molar-refractivity contribution < 1.29 is 4.74 Å². The van der Waals surface area contributed by atoms with Crippen molar-refractivity contribution in [3.05, 3.63) is 12.1 Å². The molecule has 1 fully saturated rings. The quantitative estimate of drug-likeness (QED) is 0.464. The van der Waals surface area contributed by atoms with Gasteiger partial charge in [0.2, 0.25) is 0 Å². The fourth-order valence-corrected chi connectivity index (χ4v) is 1.19. The zero-order valence-electron chi connectivity index (χ0n) is 6.02. The van der Waals surface area contributed by atoms with Gasteiger partial charge in [-0.25, -0.2) is 0 Å². The van der Waals surface area contributed by atoms with E-state index in [0.717, 1.165) is 19.1 Å². The number of allylic oxidation sites excluding steroid dienone is 1.